The number of nitrogens with zero attached hydrogens (tertiary/aromatic N) is 4. The van der Waals surface area contributed by atoms with E-state index in [-0.39, 0.29) is 17.7 Å². The van der Waals surface area contributed by atoms with Crippen molar-refractivity contribution in [2.75, 3.05) is 0 Å². The molecule has 3 aromatic heterocycles. The fourth-order valence-electron chi connectivity index (χ4n) is 3.25. The molecule has 0 saturated heterocycles. The minimum absolute atomic E-state index is 0.0184. The van der Waals surface area contributed by atoms with Crippen molar-refractivity contribution in [1.82, 2.24) is 25.1 Å². The van der Waals surface area contributed by atoms with Crippen LogP contribution in [0.25, 0.3) is 11.4 Å². The maximum atomic E-state index is 12.5. The summed E-state index contributed by atoms with van der Waals surface area (Å²) in [4.78, 5) is 29.2. The predicted molar refractivity (Wildman–Crippen MR) is 102 cm³/mol. The van der Waals surface area contributed by atoms with Crippen molar-refractivity contribution in [3.8, 4) is 11.4 Å². The minimum atomic E-state index is -0.121. The summed E-state index contributed by atoms with van der Waals surface area (Å²) >= 11 is 1.24. The van der Waals surface area contributed by atoms with Gasteiger partial charge in [-0.15, -0.1) is 21.5 Å². The lowest BCUT2D eigenvalue weighted by atomic mass is 10.1. The molecule has 0 radical (unpaired) electrons. The van der Waals surface area contributed by atoms with Gasteiger partial charge >= 0.3 is 0 Å². The highest BCUT2D eigenvalue weighted by Crippen LogP contribution is 2.23. The quantitative estimate of drug-likeness (QED) is 0.702. The molecule has 4 rings (SSSR count). The molecule has 0 saturated carbocycles. The number of carbonyl (C=O) groups is 2. The van der Waals surface area contributed by atoms with Crippen LogP contribution in [0.4, 0.5) is 0 Å². The van der Waals surface area contributed by atoms with Gasteiger partial charge in [-0.1, -0.05) is 0 Å². The van der Waals surface area contributed by atoms with Gasteiger partial charge in [-0.25, -0.2) is 0 Å². The Kier molecular flexibility index (Phi) is 4.81. The second kappa shape index (κ2) is 7.40. The van der Waals surface area contributed by atoms with Crippen LogP contribution in [0.1, 0.15) is 44.9 Å². The molecule has 7 nitrogen and oxygen atoms in total. The van der Waals surface area contributed by atoms with Gasteiger partial charge in [-0.2, -0.15) is 0 Å². The van der Waals surface area contributed by atoms with Crippen molar-refractivity contribution in [2.24, 2.45) is 0 Å². The Morgan fingerprint density at radius 3 is 2.63 bits per heavy atom. The highest BCUT2D eigenvalue weighted by molar-refractivity contribution is 7.15. The fraction of sp³-hybridized carbons (Fsp3) is 0.316. The van der Waals surface area contributed by atoms with E-state index in [9.17, 15) is 9.59 Å². The molecular formula is C19H19N5O2S. The number of Topliss-reactive ketones (excluding diaryl/α,β-unsaturated/α-hetero) is 1. The Labute approximate surface area is 160 Å². The zero-order valence-electron chi connectivity index (χ0n) is 14.9. The van der Waals surface area contributed by atoms with Gasteiger partial charge in [0.15, 0.2) is 11.6 Å². The SMILES string of the molecule is CC(=O)c1ccc(C(=O)NC2CCc3nnc(-c4ccncc4)n3CC2)s1. The predicted octanol–water partition coefficient (Wildman–Crippen LogP) is 2.74. The van der Waals surface area contributed by atoms with E-state index in [2.05, 4.69) is 25.1 Å². The number of fused-ring (bicyclic) bond motifs is 1. The van der Waals surface area contributed by atoms with Gasteiger partial charge in [-0.05, 0) is 44.0 Å². The van der Waals surface area contributed by atoms with Crippen LogP contribution >= 0.6 is 11.3 Å². The first-order chi connectivity index (χ1) is 13.1. The number of nitrogens with one attached hydrogen (secondary N) is 1. The maximum Gasteiger partial charge on any atom is 0.261 e. The molecule has 0 bridgehead atoms. The Morgan fingerprint density at radius 1 is 1.11 bits per heavy atom. The number of thiophene rings is 1. The first kappa shape index (κ1) is 17.5. The Balaban J connectivity index is 1.45. The smallest absolute Gasteiger partial charge is 0.261 e. The summed E-state index contributed by atoms with van der Waals surface area (Å²) in [6, 6.07) is 7.32. The number of ketones is 1. The third kappa shape index (κ3) is 3.66. The van der Waals surface area contributed by atoms with Gasteiger partial charge in [0.25, 0.3) is 5.91 Å². The molecule has 0 aromatic carbocycles. The number of rotatable bonds is 4. The van der Waals surface area contributed by atoms with Crippen LogP contribution < -0.4 is 5.32 Å². The van der Waals surface area contributed by atoms with Crippen LogP contribution in [0, 0.1) is 0 Å². The van der Waals surface area contributed by atoms with Crippen LogP contribution in [0.2, 0.25) is 0 Å². The summed E-state index contributed by atoms with van der Waals surface area (Å²) in [5, 5.41) is 11.8. The molecule has 3 aromatic rings. The molecule has 0 aliphatic carbocycles. The number of pyridine rings is 1. The summed E-state index contributed by atoms with van der Waals surface area (Å²) in [6.45, 7) is 2.25. The second-order valence-electron chi connectivity index (χ2n) is 6.55. The molecule has 1 atom stereocenters. The van der Waals surface area contributed by atoms with Crippen LogP contribution in [0.3, 0.4) is 0 Å². The Hall–Kier alpha value is -2.87. The number of aromatic nitrogens is 4. The number of amides is 1. The topological polar surface area (TPSA) is 89.8 Å². The van der Waals surface area contributed by atoms with Gasteiger partial charge in [0.05, 0.1) is 9.75 Å². The monoisotopic (exact) mass is 381 g/mol. The van der Waals surface area contributed by atoms with E-state index in [0.717, 1.165) is 43.0 Å². The number of carbonyl (C=O) groups excluding carboxylic acids is 2. The number of hydrogen-bond acceptors (Lipinski definition) is 6. The van der Waals surface area contributed by atoms with E-state index in [1.54, 1.807) is 24.5 Å². The molecule has 1 unspecified atom stereocenters. The standard InChI is InChI=1S/C19H19N5O2S/c1-12(25)15-3-4-16(27-15)19(26)21-14-2-5-17-22-23-18(24(17)11-8-14)13-6-9-20-10-7-13/h3-4,6-7,9-10,14H,2,5,8,11H2,1H3,(H,21,26). The van der Waals surface area contributed by atoms with E-state index in [4.69, 9.17) is 0 Å². The summed E-state index contributed by atoms with van der Waals surface area (Å²) in [6.07, 6.45) is 5.86. The molecule has 1 aliphatic heterocycles. The highest BCUT2D eigenvalue weighted by atomic mass is 32.1. The summed E-state index contributed by atoms with van der Waals surface area (Å²) in [5.41, 5.74) is 0.988. The fourth-order valence-corrected chi connectivity index (χ4v) is 4.06. The summed E-state index contributed by atoms with van der Waals surface area (Å²) in [7, 11) is 0. The first-order valence-electron chi connectivity index (χ1n) is 8.86. The Bertz CT molecular complexity index is 979. The van der Waals surface area contributed by atoms with Crippen LogP contribution in [0.15, 0.2) is 36.7 Å². The normalized spacial score (nSPS) is 16.4. The molecule has 138 valence electrons. The first-order valence-corrected chi connectivity index (χ1v) is 9.67. The van der Waals surface area contributed by atoms with Crippen molar-refractivity contribution in [1.29, 1.82) is 0 Å². The molecule has 27 heavy (non-hydrogen) atoms. The summed E-state index contributed by atoms with van der Waals surface area (Å²) < 4.78 is 2.13. The lowest BCUT2D eigenvalue weighted by molar-refractivity contribution is 0.0936. The molecule has 1 amide bonds. The Morgan fingerprint density at radius 2 is 1.89 bits per heavy atom. The van der Waals surface area contributed by atoms with E-state index in [1.165, 1.54) is 18.3 Å². The van der Waals surface area contributed by atoms with Gasteiger partial charge in [0.1, 0.15) is 5.82 Å². The van der Waals surface area contributed by atoms with Gasteiger partial charge < -0.3 is 9.88 Å². The van der Waals surface area contributed by atoms with Crippen LogP contribution in [-0.4, -0.2) is 37.5 Å². The van der Waals surface area contributed by atoms with Crippen molar-refractivity contribution < 1.29 is 9.59 Å². The minimum Gasteiger partial charge on any atom is -0.349 e. The highest BCUT2D eigenvalue weighted by Gasteiger charge is 2.23. The third-order valence-corrected chi connectivity index (χ3v) is 5.88. The molecular weight excluding hydrogens is 362 g/mol. The zero-order valence-corrected chi connectivity index (χ0v) is 15.7. The lowest BCUT2D eigenvalue weighted by Gasteiger charge is -2.15. The number of hydrogen-bond donors (Lipinski definition) is 1. The van der Waals surface area contributed by atoms with Gasteiger partial charge in [0.2, 0.25) is 0 Å². The molecule has 8 heteroatoms. The van der Waals surface area contributed by atoms with Crippen molar-refractivity contribution in [2.45, 2.75) is 38.8 Å². The maximum absolute atomic E-state index is 12.5. The largest absolute Gasteiger partial charge is 0.349 e. The average Bonchev–Trinajstić information content (AvgIpc) is 3.28. The molecule has 1 aliphatic rings. The van der Waals surface area contributed by atoms with Crippen LogP contribution in [0.5, 0.6) is 0 Å². The average molecular weight is 381 g/mol. The van der Waals surface area contributed by atoms with Gasteiger partial charge in [0, 0.05) is 37.0 Å². The molecule has 0 spiro atoms. The second-order valence-corrected chi connectivity index (χ2v) is 7.63. The number of aryl methyl sites for hydroxylation is 1. The molecule has 1 N–H and O–H groups in total. The lowest BCUT2D eigenvalue weighted by Crippen LogP contribution is -2.34. The van der Waals surface area contributed by atoms with E-state index in [1.807, 2.05) is 12.1 Å². The van der Waals surface area contributed by atoms with E-state index >= 15 is 0 Å². The molecule has 0 fully saturated rings. The summed E-state index contributed by atoms with van der Waals surface area (Å²) in [5.74, 6) is 1.64. The third-order valence-electron chi connectivity index (χ3n) is 4.70. The van der Waals surface area contributed by atoms with E-state index < -0.39 is 0 Å². The van der Waals surface area contributed by atoms with Crippen molar-refractivity contribution >= 4 is 23.0 Å². The van der Waals surface area contributed by atoms with Crippen molar-refractivity contribution in [3.05, 3.63) is 52.2 Å². The van der Waals surface area contributed by atoms with Crippen molar-refractivity contribution in [3.63, 3.8) is 0 Å². The van der Waals surface area contributed by atoms with Crippen LogP contribution in [-0.2, 0) is 13.0 Å². The van der Waals surface area contributed by atoms with Gasteiger partial charge in [-0.3, -0.25) is 14.6 Å². The molecule has 4 heterocycles. The van der Waals surface area contributed by atoms with E-state index in [0.29, 0.717) is 9.75 Å². The zero-order chi connectivity index (χ0) is 18.8.